The van der Waals surface area contributed by atoms with E-state index in [4.69, 9.17) is 11.6 Å². The largest absolute Gasteiger partial charge is 0.298 e. The number of aromatic nitrogens is 2. The number of piperidine rings is 1. The average Bonchev–Trinajstić information content (AvgIpc) is 3.23. The fourth-order valence-electron chi connectivity index (χ4n) is 3.24. The molecule has 156 valence electrons. The predicted octanol–water partition coefficient (Wildman–Crippen LogP) is 4.29. The van der Waals surface area contributed by atoms with E-state index in [1.165, 1.54) is 33.8 Å². The number of hydrogen-bond donors (Lipinski definition) is 1. The summed E-state index contributed by atoms with van der Waals surface area (Å²) in [6.07, 6.45) is 6.03. The number of pyridine rings is 1. The van der Waals surface area contributed by atoms with Gasteiger partial charge in [-0.1, -0.05) is 18.0 Å². The lowest BCUT2D eigenvalue weighted by Crippen LogP contribution is -2.35. The van der Waals surface area contributed by atoms with E-state index in [2.05, 4.69) is 15.3 Å². The summed E-state index contributed by atoms with van der Waals surface area (Å²) in [7, 11) is -3.66. The number of thiazole rings is 1. The molecule has 4 rings (SSSR count). The topological polar surface area (TPSA) is 92.3 Å². The van der Waals surface area contributed by atoms with Crippen LogP contribution in [-0.4, -0.2) is 41.7 Å². The van der Waals surface area contributed by atoms with E-state index in [1.807, 2.05) is 17.5 Å². The first-order valence-electron chi connectivity index (χ1n) is 9.42. The zero-order valence-corrected chi connectivity index (χ0v) is 18.3. The van der Waals surface area contributed by atoms with Crippen LogP contribution in [0.3, 0.4) is 0 Å². The Morgan fingerprint density at radius 2 is 1.83 bits per heavy atom. The van der Waals surface area contributed by atoms with Crippen LogP contribution in [-0.2, 0) is 10.0 Å². The third-order valence-electron chi connectivity index (χ3n) is 4.84. The number of sulfonamides is 1. The highest BCUT2D eigenvalue weighted by molar-refractivity contribution is 7.89. The van der Waals surface area contributed by atoms with Gasteiger partial charge in [-0.05, 0) is 43.2 Å². The molecule has 0 unspecified atom stereocenters. The van der Waals surface area contributed by atoms with E-state index in [1.54, 1.807) is 12.4 Å². The zero-order valence-electron chi connectivity index (χ0n) is 15.9. The van der Waals surface area contributed by atoms with E-state index in [-0.39, 0.29) is 15.5 Å². The van der Waals surface area contributed by atoms with Crippen molar-refractivity contribution in [3.63, 3.8) is 0 Å². The molecule has 7 nitrogen and oxygen atoms in total. The Balaban J connectivity index is 1.56. The first kappa shape index (κ1) is 20.9. The summed E-state index contributed by atoms with van der Waals surface area (Å²) in [6.45, 7) is 0.979. The van der Waals surface area contributed by atoms with Crippen LogP contribution in [0.5, 0.6) is 0 Å². The number of benzene rings is 1. The molecule has 0 radical (unpaired) electrons. The van der Waals surface area contributed by atoms with Gasteiger partial charge in [-0.3, -0.25) is 15.1 Å². The van der Waals surface area contributed by atoms with Crippen molar-refractivity contribution < 1.29 is 13.2 Å². The molecular weight excluding hydrogens is 444 g/mol. The van der Waals surface area contributed by atoms with Crippen molar-refractivity contribution in [3.05, 3.63) is 58.7 Å². The summed E-state index contributed by atoms with van der Waals surface area (Å²) in [5.41, 5.74) is 1.69. The third-order valence-corrected chi connectivity index (χ3v) is 7.82. The molecule has 1 amide bonds. The quantitative estimate of drug-likeness (QED) is 0.610. The Morgan fingerprint density at radius 1 is 1.10 bits per heavy atom. The van der Waals surface area contributed by atoms with Crippen molar-refractivity contribution in [2.24, 2.45) is 0 Å². The van der Waals surface area contributed by atoms with Crippen molar-refractivity contribution >= 4 is 44.0 Å². The van der Waals surface area contributed by atoms with Crippen LogP contribution in [0.15, 0.2) is 53.0 Å². The van der Waals surface area contributed by atoms with Crippen LogP contribution < -0.4 is 5.32 Å². The fourth-order valence-corrected chi connectivity index (χ4v) is 5.71. The molecule has 10 heteroatoms. The number of carbonyl (C=O) groups excluding carboxylic acids is 1. The fraction of sp³-hybridized carbons (Fsp3) is 0.250. The van der Waals surface area contributed by atoms with Crippen LogP contribution in [0.4, 0.5) is 5.13 Å². The van der Waals surface area contributed by atoms with Crippen LogP contribution >= 0.6 is 22.9 Å². The molecular formula is C20H19ClN4O3S2. The molecule has 0 atom stereocenters. The molecule has 1 fully saturated rings. The Kier molecular flexibility index (Phi) is 6.14. The summed E-state index contributed by atoms with van der Waals surface area (Å²) in [4.78, 5) is 21.2. The molecule has 1 aliphatic rings. The number of rotatable bonds is 5. The number of amides is 1. The molecule has 30 heavy (non-hydrogen) atoms. The maximum Gasteiger partial charge on any atom is 0.259 e. The Bertz CT molecular complexity index is 1160. The SMILES string of the molecule is O=C(Nc1nc(-c2ccncc2)cs1)c1cc(S(=O)(=O)N2CCCCC2)ccc1Cl. The monoisotopic (exact) mass is 462 g/mol. The van der Waals surface area contributed by atoms with Crippen molar-refractivity contribution in [2.45, 2.75) is 24.2 Å². The summed E-state index contributed by atoms with van der Waals surface area (Å²) < 4.78 is 27.3. The molecule has 1 aliphatic heterocycles. The van der Waals surface area contributed by atoms with E-state index >= 15 is 0 Å². The molecule has 3 aromatic rings. The van der Waals surface area contributed by atoms with Gasteiger partial charge in [0.15, 0.2) is 5.13 Å². The molecule has 0 aliphatic carbocycles. The van der Waals surface area contributed by atoms with Crippen molar-refractivity contribution in [3.8, 4) is 11.3 Å². The minimum absolute atomic E-state index is 0.0653. The standard InChI is InChI=1S/C20H19ClN4O3S2/c21-17-5-4-15(30(27,28)25-10-2-1-3-11-25)12-16(17)19(26)24-20-23-18(13-29-20)14-6-8-22-9-7-14/h4-9,12-13H,1-3,10-11H2,(H,23,24,26). The lowest BCUT2D eigenvalue weighted by Gasteiger charge is -2.26. The van der Waals surface area contributed by atoms with E-state index < -0.39 is 15.9 Å². The van der Waals surface area contributed by atoms with Crippen molar-refractivity contribution in [2.75, 3.05) is 18.4 Å². The number of carbonyl (C=O) groups is 1. The number of anilines is 1. The van der Waals surface area contributed by atoms with E-state index in [0.717, 1.165) is 24.8 Å². The van der Waals surface area contributed by atoms with Gasteiger partial charge in [0.2, 0.25) is 10.0 Å². The Morgan fingerprint density at radius 3 is 2.57 bits per heavy atom. The zero-order chi connectivity index (χ0) is 21.1. The number of nitrogens with zero attached hydrogens (tertiary/aromatic N) is 3. The van der Waals surface area contributed by atoms with Gasteiger partial charge in [0, 0.05) is 36.4 Å². The predicted molar refractivity (Wildman–Crippen MR) is 117 cm³/mol. The van der Waals surface area contributed by atoms with E-state index in [0.29, 0.717) is 23.9 Å². The van der Waals surface area contributed by atoms with Gasteiger partial charge in [0.25, 0.3) is 5.91 Å². The first-order chi connectivity index (χ1) is 14.4. The highest BCUT2D eigenvalue weighted by atomic mass is 35.5. The highest BCUT2D eigenvalue weighted by Gasteiger charge is 2.27. The second-order valence-electron chi connectivity index (χ2n) is 6.83. The van der Waals surface area contributed by atoms with E-state index in [9.17, 15) is 13.2 Å². The first-order valence-corrected chi connectivity index (χ1v) is 12.1. The van der Waals surface area contributed by atoms with Crippen LogP contribution in [0, 0.1) is 0 Å². The van der Waals surface area contributed by atoms with Gasteiger partial charge in [-0.25, -0.2) is 13.4 Å². The maximum absolute atomic E-state index is 12.9. The Hall–Kier alpha value is -2.33. The summed E-state index contributed by atoms with van der Waals surface area (Å²) in [5.74, 6) is -0.508. The van der Waals surface area contributed by atoms with Crippen molar-refractivity contribution in [1.82, 2.24) is 14.3 Å². The highest BCUT2D eigenvalue weighted by Crippen LogP contribution is 2.28. The summed E-state index contributed by atoms with van der Waals surface area (Å²) in [5, 5.41) is 5.10. The van der Waals surface area contributed by atoms with Gasteiger partial charge < -0.3 is 0 Å². The van der Waals surface area contributed by atoms with Gasteiger partial charge in [0.05, 0.1) is 21.2 Å². The number of nitrogens with one attached hydrogen (secondary N) is 1. The van der Waals surface area contributed by atoms with Gasteiger partial charge in [-0.2, -0.15) is 4.31 Å². The molecule has 0 bridgehead atoms. The lowest BCUT2D eigenvalue weighted by molar-refractivity contribution is 0.102. The van der Waals surface area contributed by atoms with Crippen LogP contribution in [0.2, 0.25) is 5.02 Å². The number of hydrogen-bond acceptors (Lipinski definition) is 6. The van der Waals surface area contributed by atoms with Gasteiger partial charge in [-0.15, -0.1) is 11.3 Å². The smallest absolute Gasteiger partial charge is 0.259 e. The molecule has 0 saturated carbocycles. The van der Waals surface area contributed by atoms with Gasteiger partial charge in [0.1, 0.15) is 0 Å². The minimum atomic E-state index is -3.66. The average molecular weight is 463 g/mol. The minimum Gasteiger partial charge on any atom is -0.298 e. The number of halogens is 1. The molecule has 1 N–H and O–H groups in total. The second-order valence-corrected chi connectivity index (χ2v) is 10.0. The summed E-state index contributed by atoms with van der Waals surface area (Å²) in [6, 6.07) is 7.86. The molecule has 1 aromatic carbocycles. The lowest BCUT2D eigenvalue weighted by atomic mass is 10.2. The van der Waals surface area contributed by atoms with Gasteiger partial charge >= 0.3 is 0 Å². The third kappa shape index (κ3) is 4.39. The normalized spacial score (nSPS) is 15.1. The maximum atomic E-state index is 12.9. The molecule has 3 heterocycles. The summed E-state index contributed by atoms with van der Waals surface area (Å²) >= 11 is 7.47. The van der Waals surface area contributed by atoms with Crippen LogP contribution in [0.25, 0.3) is 11.3 Å². The Labute approximate surface area is 183 Å². The molecule has 0 spiro atoms. The van der Waals surface area contributed by atoms with Crippen molar-refractivity contribution in [1.29, 1.82) is 0 Å². The second kappa shape index (κ2) is 8.81. The molecule has 2 aromatic heterocycles. The molecule has 1 saturated heterocycles. The van der Waals surface area contributed by atoms with Crippen LogP contribution in [0.1, 0.15) is 29.6 Å².